The molecule has 0 spiro atoms. The normalized spacial score (nSPS) is 12.1. The Bertz CT molecular complexity index is 767. The van der Waals surface area contributed by atoms with Crippen molar-refractivity contribution in [2.24, 2.45) is 0 Å². The van der Waals surface area contributed by atoms with Gasteiger partial charge in [-0.05, 0) is 28.8 Å². The summed E-state index contributed by atoms with van der Waals surface area (Å²) in [6.45, 7) is 0. The Morgan fingerprint density at radius 1 is 0.727 bits per heavy atom. The molecule has 0 saturated heterocycles. The molecule has 0 aromatic heterocycles. The Labute approximate surface area is 139 Å². The van der Waals surface area contributed by atoms with Gasteiger partial charge in [-0.25, -0.2) is 0 Å². The van der Waals surface area contributed by atoms with Crippen molar-refractivity contribution in [3.8, 4) is 11.1 Å². The average Bonchev–Trinajstić information content (AvgIpc) is 2.55. The lowest BCUT2D eigenvalue weighted by atomic mass is 9.98. The van der Waals surface area contributed by atoms with E-state index in [2.05, 4.69) is 12.1 Å². The molecule has 0 amide bonds. The van der Waals surface area contributed by atoms with Gasteiger partial charge in [0.25, 0.3) is 0 Å². The van der Waals surface area contributed by atoms with E-state index < -0.39 is 6.10 Å². The van der Waals surface area contributed by atoms with Crippen LogP contribution in [0.3, 0.4) is 0 Å². The van der Waals surface area contributed by atoms with Crippen LogP contribution < -0.4 is 0 Å². The topological polar surface area (TPSA) is 20.2 Å². The van der Waals surface area contributed by atoms with E-state index in [1.165, 1.54) is 0 Å². The quantitative estimate of drug-likeness (QED) is 0.649. The van der Waals surface area contributed by atoms with Gasteiger partial charge in [0.15, 0.2) is 0 Å². The van der Waals surface area contributed by atoms with Gasteiger partial charge in [-0.2, -0.15) is 0 Å². The predicted molar refractivity (Wildman–Crippen MR) is 92.4 cm³/mol. The van der Waals surface area contributed by atoms with Crippen molar-refractivity contribution in [3.63, 3.8) is 0 Å². The van der Waals surface area contributed by atoms with Crippen LogP contribution in [-0.2, 0) is 0 Å². The highest BCUT2D eigenvalue weighted by molar-refractivity contribution is 6.35. The van der Waals surface area contributed by atoms with Crippen molar-refractivity contribution < 1.29 is 5.11 Å². The summed E-state index contributed by atoms with van der Waals surface area (Å²) in [4.78, 5) is 0. The fourth-order valence-electron chi connectivity index (χ4n) is 2.39. The van der Waals surface area contributed by atoms with Crippen LogP contribution in [-0.4, -0.2) is 5.11 Å². The maximum atomic E-state index is 10.5. The maximum Gasteiger partial charge on any atom is 0.105 e. The van der Waals surface area contributed by atoms with E-state index in [0.29, 0.717) is 15.6 Å². The number of benzene rings is 3. The van der Waals surface area contributed by atoms with E-state index in [4.69, 9.17) is 23.2 Å². The molecule has 0 saturated carbocycles. The molecule has 3 heteroatoms. The fraction of sp³-hybridized carbons (Fsp3) is 0.0526. The summed E-state index contributed by atoms with van der Waals surface area (Å²) in [5.74, 6) is 0. The molecule has 110 valence electrons. The Morgan fingerprint density at radius 2 is 1.36 bits per heavy atom. The third kappa shape index (κ3) is 3.17. The summed E-state index contributed by atoms with van der Waals surface area (Å²) in [6, 6.07) is 23.1. The number of aliphatic hydroxyl groups is 1. The minimum atomic E-state index is -0.769. The molecular weight excluding hydrogens is 315 g/mol. The van der Waals surface area contributed by atoms with Crippen molar-refractivity contribution >= 4 is 23.2 Å². The van der Waals surface area contributed by atoms with Gasteiger partial charge >= 0.3 is 0 Å². The highest BCUT2D eigenvalue weighted by Crippen LogP contribution is 2.31. The van der Waals surface area contributed by atoms with Crippen LogP contribution in [0, 0.1) is 0 Å². The first-order valence-corrected chi connectivity index (χ1v) is 7.69. The zero-order chi connectivity index (χ0) is 15.5. The fourth-order valence-corrected chi connectivity index (χ4v) is 2.90. The van der Waals surface area contributed by atoms with E-state index in [1.807, 2.05) is 42.5 Å². The zero-order valence-corrected chi connectivity index (χ0v) is 13.2. The highest BCUT2D eigenvalue weighted by Gasteiger charge is 2.14. The van der Waals surface area contributed by atoms with E-state index in [0.717, 1.165) is 16.7 Å². The first-order chi connectivity index (χ1) is 10.6. The second-order valence-corrected chi connectivity index (χ2v) is 5.90. The van der Waals surface area contributed by atoms with Crippen LogP contribution >= 0.6 is 23.2 Å². The molecule has 22 heavy (non-hydrogen) atoms. The number of aliphatic hydroxyl groups excluding tert-OH is 1. The molecule has 3 aromatic carbocycles. The molecule has 1 N–H and O–H groups in total. The minimum absolute atomic E-state index is 0.465. The van der Waals surface area contributed by atoms with Gasteiger partial charge in [-0.3, -0.25) is 0 Å². The Morgan fingerprint density at radius 3 is 2.00 bits per heavy atom. The van der Waals surface area contributed by atoms with E-state index in [-0.39, 0.29) is 0 Å². The summed E-state index contributed by atoms with van der Waals surface area (Å²) >= 11 is 12.0. The standard InChI is InChI=1S/C19H14Cl2O/c20-16-10-11-17(18(21)12-16)19(22)15-8-6-14(7-9-15)13-4-2-1-3-5-13/h1-12,19,22H/t19-/m1/s1. The lowest BCUT2D eigenvalue weighted by Gasteiger charge is -2.14. The third-order valence-electron chi connectivity index (χ3n) is 3.59. The molecule has 0 fully saturated rings. The molecule has 0 unspecified atom stereocenters. The smallest absolute Gasteiger partial charge is 0.105 e. The first kappa shape index (κ1) is 15.1. The molecule has 1 atom stereocenters. The molecule has 3 aromatic rings. The average molecular weight is 329 g/mol. The van der Waals surface area contributed by atoms with Crippen LogP contribution in [0.1, 0.15) is 17.2 Å². The molecule has 0 radical (unpaired) electrons. The maximum absolute atomic E-state index is 10.5. The molecular formula is C19H14Cl2O. The minimum Gasteiger partial charge on any atom is -0.384 e. The molecule has 0 heterocycles. The monoisotopic (exact) mass is 328 g/mol. The summed E-state index contributed by atoms with van der Waals surface area (Å²) in [5, 5.41) is 11.5. The predicted octanol–water partition coefficient (Wildman–Crippen LogP) is 5.74. The van der Waals surface area contributed by atoms with Gasteiger partial charge in [0.05, 0.1) is 0 Å². The number of hydrogen-bond acceptors (Lipinski definition) is 1. The lowest BCUT2D eigenvalue weighted by molar-refractivity contribution is 0.220. The van der Waals surface area contributed by atoms with Crippen molar-refractivity contribution in [3.05, 3.63) is 94.0 Å². The summed E-state index contributed by atoms with van der Waals surface area (Å²) in [7, 11) is 0. The number of halogens is 2. The van der Waals surface area contributed by atoms with Crippen molar-refractivity contribution in [2.45, 2.75) is 6.10 Å². The van der Waals surface area contributed by atoms with Crippen LogP contribution in [0.2, 0.25) is 10.0 Å². The van der Waals surface area contributed by atoms with E-state index in [1.54, 1.807) is 18.2 Å². The van der Waals surface area contributed by atoms with Crippen LogP contribution in [0.25, 0.3) is 11.1 Å². The van der Waals surface area contributed by atoms with Crippen molar-refractivity contribution in [2.75, 3.05) is 0 Å². The molecule has 3 rings (SSSR count). The SMILES string of the molecule is O[C@H](c1ccc(-c2ccccc2)cc1)c1ccc(Cl)cc1Cl. The summed E-state index contributed by atoms with van der Waals surface area (Å²) in [5.41, 5.74) is 3.70. The molecule has 1 nitrogen and oxygen atoms in total. The Balaban J connectivity index is 1.89. The van der Waals surface area contributed by atoms with Crippen LogP contribution in [0.15, 0.2) is 72.8 Å². The van der Waals surface area contributed by atoms with Gasteiger partial charge in [-0.1, -0.05) is 83.9 Å². The largest absolute Gasteiger partial charge is 0.384 e. The van der Waals surface area contributed by atoms with Crippen LogP contribution in [0.5, 0.6) is 0 Å². The van der Waals surface area contributed by atoms with Crippen LogP contribution in [0.4, 0.5) is 0 Å². The molecule has 0 aliphatic heterocycles. The summed E-state index contributed by atoms with van der Waals surface area (Å²) in [6.07, 6.45) is -0.769. The van der Waals surface area contributed by atoms with Gasteiger partial charge in [0, 0.05) is 15.6 Å². The van der Waals surface area contributed by atoms with E-state index in [9.17, 15) is 5.11 Å². The molecule has 0 bridgehead atoms. The zero-order valence-electron chi connectivity index (χ0n) is 11.7. The first-order valence-electron chi connectivity index (χ1n) is 6.93. The number of hydrogen-bond donors (Lipinski definition) is 1. The summed E-state index contributed by atoms with van der Waals surface area (Å²) < 4.78 is 0. The second-order valence-electron chi connectivity index (χ2n) is 5.06. The third-order valence-corrected chi connectivity index (χ3v) is 4.15. The van der Waals surface area contributed by atoms with Gasteiger partial charge in [0.1, 0.15) is 6.10 Å². The molecule has 0 aliphatic rings. The van der Waals surface area contributed by atoms with Gasteiger partial charge in [-0.15, -0.1) is 0 Å². The van der Waals surface area contributed by atoms with E-state index >= 15 is 0 Å². The Hall–Kier alpha value is -1.80. The number of rotatable bonds is 3. The van der Waals surface area contributed by atoms with Gasteiger partial charge < -0.3 is 5.11 Å². The van der Waals surface area contributed by atoms with Crippen molar-refractivity contribution in [1.29, 1.82) is 0 Å². The lowest BCUT2D eigenvalue weighted by Crippen LogP contribution is -2.00. The highest BCUT2D eigenvalue weighted by atomic mass is 35.5. The second kappa shape index (κ2) is 6.53. The van der Waals surface area contributed by atoms with Crippen molar-refractivity contribution in [1.82, 2.24) is 0 Å². The Kier molecular flexibility index (Phi) is 4.49. The molecule has 0 aliphatic carbocycles. The van der Waals surface area contributed by atoms with Gasteiger partial charge in [0.2, 0.25) is 0 Å².